The fraction of sp³-hybridized carbons (Fsp3) is 0.471. The van der Waals surface area contributed by atoms with Crippen LogP contribution < -0.4 is 4.90 Å². The molecule has 132 valence electrons. The summed E-state index contributed by atoms with van der Waals surface area (Å²) in [5, 5.41) is 17.9. The Morgan fingerprint density at radius 2 is 2.12 bits per heavy atom. The predicted molar refractivity (Wildman–Crippen MR) is 93.7 cm³/mol. The number of ether oxygens (including phenoxy) is 2. The maximum absolute atomic E-state index is 9.06. The summed E-state index contributed by atoms with van der Waals surface area (Å²) in [4.78, 5) is 1.79. The molecular formula is C17H20ClN5O2. The molecule has 0 aliphatic carbocycles. The van der Waals surface area contributed by atoms with Gasteiger partial charge in [-0.25, -0.2) is 4.68 Å². The lowest BCUT2D eigenvalue weighted by Crippen LogP contribution is -2.39. The van der Waals surface area contributed by atoms with Crippen molar-refractivity contribution in [1.29, 1.82) is 5.26 Å². The van der Waals surface area contributed by atoms with Crippen LogP contribution in [0.4, 0.5) is 11.5 Å². The molecule has 25 heavy (non-hydrogen) atoms. The van der Waals surface area contributed by atoms with Crippen LogP contribution in [0.5, 0.6) is 0 Å². The molecule has 2 heterocycles. The normalized spacial score (nSPS) is 17.2. The van der Waals surface area contributed by atoms with Gasteiger partial charge in [-0.05, 0) is 18.2 Å². The molecule has 3 rings (SSSR count). The minimum Gasteiger partial charge on any atom is -0.350 e. The maximum Gasteiger partial charge on any atom is 0.177 e. The molecule has 8 heteroatoms. The molecule has 1 aliphatic rings. The Morgan fingerprint density at radius 3 is 2.80 bits per heavy atom. The summed E-state index contributed by atoms with van der Waals surface area (Å²) < 4.78 is 13.1. The molecule has 7 nitrogen and oxygen atoms in total. The molecular weight excluding hydrogens is 342 g/mol. The quantitative estimate of drug-likeness (QED) is 0.833. The standard InChI is InChI=1S/C17H20ClN5O2/c1-17(2)10-24-16(25-11-17)9-23-8-15(20-21-23)22(3)14-6-12(7-19)4-5-13(14)18/h4-6,8,16H,9-11H2,1-3H3. The van der Waals surface area contributed by atoms with Crippen molar-refractivity contribution >= 4 is 23.1 Å². The van der Waals surface area contributed by atoms with Gasteiger partial charge in [-0.3, -0.25) is 0 Å². The molecule has 1 saturated heterocycles. The van der Waals surface area contributed by atoms with E-state index in [-0.39, 0.29) is 11.7 Å². The van der Waals surface area contributed by atoms with Gasteiger partial charge in [0.2, 0.25) is 0 Å². The molecule has 1 aliphatic heterocycles. The smallest absolute Gasteiger partial charge is 0.177 e. The summed E-state index contributed by atoms with van der Waals surface area (Å²) in [5.41, 5.74) is 1.26. The highest BCUT2D eigenvalue weighted by molar-refractivity contribution is 6.33. The molecule has 0 saturated carbocycles. The van der Waals surface area contributed by atoms with Crippen molar-refractivity contribution in [2.75, 3.05) is 25.2 Å². The van der Waals surface area contributed by atoms with Crippen molar-refractivity contribution in [3.63, 3.8) is 0 Å². The Balaban J connectivity index is 1.70. The van der Waals surface area contributed by atoms with Crippen LogP contribution in [-0.4, -0.2) is 41.5 Å². The van der Waals surface area contributed by atoms with Gasteiger partial charge in [-0.15, -0.1) is 5.10 Å². The highest BCUT2D eigenvalue weighted by atomic mass is 35.5. The first kappa shape index (κ1) is 17.7. The van der Waals surface area contributed by atoms with Gasteiger partial charge < -0.3 is 14.4 Å². The number of hydrogen-bond acceptors (Lipinski definition) is 6. The zero-order valence-electron chi connectivity index (χ0n) is 14.4. The molecule has 1 fully saturated rings. The van der Waals surface area contributed by atoms with E-state index in [2.05, 4.69) is 30.2 Å². The van der Waals surface area contributed by atoms with Gasteiger partial charge in [0.25, 0.3) is 0 Å². The average Bonchev–Trinajstić information content (AvgIpc) is 3.05. The highest BCUT2D eigenvalue weighted by Gasteiger charge is 2.28. The molecule has 0 atom stereocenters. The van der Waals surface area contributed by atoms with Crippen molar-refractivity contribution < 1.29 is 9.47 Å². The number of aromatic nitrogens is 3. The van der Waals surface area contributed by atoms with E-state index in [0.29, 0.717) is 41.8 Å². The molecule has 0 bridgehead atoms. The van der Waals surface area contributed by atoms with E-state index in [1.54, 1.807) is 34.0 Å². The van der Waals surface area contributed by atoms with E-state index in [0.717, 1.165) is 0 Å². The lowest BCUT2D eigenvalue weighted by Gasteiger charge is -2.34. The first-order valence-corrected chi connectivity index (χ1v) is 8.32. The van der Waals surface area contributed by atoms with Crippen LogP contribution in [0.2, 0.25) is 5.02 Å². The molecule has 0 radical (unpaired) electrons. The number of benzene rings is 1. The summed E-state index contributed by atoms with van der Waals surface area (Å²) in [6.45, 7) is 5.96. The van der Waals surface area contributed by atoms with Crippen molar-refractivity contribution in [3.8, 4) is 6.07 Å². The number of nitrogens with zero attached hydrogens (tertiary/aromatic N) is 5. The summed E-state index contributed by atoms with van der Waals surface area (Å²) in [6.07, 6.45) is 1.46. The minimum absolute atomic E-state index is 0.0345. The monoisotopic (exact) mass is 361 g/mol. The maximum atomic E-state index is 9.06. The molecule has 0 spiro atoms. The fourth-order valence-corrected chi connectivity index (χ4v) is 2.72. The third kappa shape index (κ3) is 4.10. The van der Waals surface area contributed by atoms with Crippen LogP contribution in [0.25, 0.3) is 0 Å². The second-order valence-electron chi connectivity index (χ2n) is 6.85. The average molecular weight is 362 g/mol. The number of anilines is 2. The first-order valence-electron chi connectivity index (χ1n) is 7.95. The molecule has 0 unspecified atom stereocenters. The molecule has 2 aromatic rings. The van der Waals surface area contributed by atoms with Gasteiger partial charge in [-0.1, -0.05) is 30.7 Å². The number of hydrogen-bond donors (Lipinski definition) is 0. The summed E-state index contributed by atoms with van der Waals surface area (Å²) in [7, 11) is 1.83. The molecule has 0 amide bonds. The van der Waals surface area contributed by atoms with Gasteiger partial charge >= 0.3 is 0 Å². The Hall–Kier alpha value is -2.14. The Labute approximate surface area is 151 Å². The zero-order valence-corrected chi connectivity index (χ0v) is 15.2. The van der Waals surface area contributed by atoms with Crippen LogP contribution in [0.1, 0.15) is 19.4 Å². The van der Waals surface area contributed by atoms with E-state index in [9.17, 15) is 0 Å². The largest absolute Gasteiger partial charge is 0.350 e. The van der Waals surface area contributed by atoms with E-state index >= 15 is 0 Å². The van der Waals surface area contributed by atoms with E-state index in [4.69, 9.17) is 26.3 Å². The summed E-state index contributed by atoms with van der Waals surface area (Å²) in [5.74, 6) is 0.619. The van der Waals surface area contributed by atoms with Crippen LogP contribution in [-0.2, 0) is 16.0 Å². The van der Waals surface area contributed by atoms with Gasteiger partial charge in [0.05, 0.1) is 48.3 Å². The van der Waals surface area contributed by atoms with E-state index in [1.807, 2.05) is 7.05 Å². The van der Waals surface area contributed by atoms with Crippen LogP contribution in [0.15, 0.2) is 24.4 Å². The van der Waals surface area contributed by atoms with Crippen LogP contribution in [0.3, 0.4) is 0 Å². The van der Waals surface area contributed by atoms with Crippen molar-refractivity contribution in [1.82, 2.24) is 15.0 Å². The lowest BCUT2D eigenvalue weighted by molar-refractivity contribution is -0.227. The minimum atomic E-state index is -0.335. The Morgan fingerprint density at radius 1 is 1.40 bits per heavy atom. The summed E-state index contributed by atoms with van der Waals surface area (Å²) >= 11 is 6.24. The van der Waals surface area contributed by atoms with Crippen molar-refractivity contribution in [2.45, 2.75) is 26.7 Å². The predicted octanol–water partition coefficient (Wildman–Crippen LogP) is 2.97. The number of rotatable bonds is 4. The van der Waals surface area contributed by atoms with Crippen molar-refractivity contribution in [3.05, 3.63) is 35.0 Å². The van der Waals surface area contributed by atoms with Crippen LogP contribution in [0, 0.1) is 16.7 Å². The van der Waals surface area contributed by atoms with E-state index < -0.39 is 0 Å². The van der Waals surface area contributed by atoms with Gasteiger partial charge in [0.1, 0.15) is 0 Å². The fourth-order valence-electron chi connectivity index (χ4n) is 2.48. The SMILES string of the molecule is CN(c1cn(CC2OCC(C)(C)CO2)nn1)c1cc(C#N)ccc1Cl. The lowest BCUT2D eigenvalue weighted by atomic mass is 9.96. The molecule has 1 aromatic heterocycles. The molecule has 0 N–H and O–H groups in total. The zero-order chi connectivity index (χ0) is 18.0. The van der Waals surface area contributed by atoms with Gasteiger partial charge in [-0.2, -0.15) is 5.26 Å². The van der Waals surface area contributed by atoms with Gasteiger partial charge in [0, 0.05) is 12.5 Å². The first-order chi connectivity index (χ1) is 11.9. The topological polar surface area (TPSA) is 76.2 Å². The molecule has 1 aromatic carbocycles. The third-order valence-corrected chi connectivity index (χ3v) is 4.28. The summed E-state index contributed by atoms with van der Waals surface area (Å²) in [6, 6.07) is 7.20. The third-order valence-electron chi connectivity index (χ3n) is 3.96. The Bertz CT molecular complexity index is 789. The second kappa shape index (κ2) is 7.00. The van der Waals surface area contributed by atoms with E-state index in [1.165, 1.54) is 0 Å². The number of nitriles is 1. The Kier molecular flexibility index (Phi) is 4.95. The van der Waals surface area contributed by atoms with Crippen molar-refractivity contribution in [2.24, 2.45) is 5.41 Å². The number of halogens is 1. The highest BCUT2D eigenvalue weighted by Crippen LogP contribution is 2.30. The van der Waals surface area contributed by atoms with Crippen LogP contribution >= 0.6 is 11.6 Å². The van der Waals surface area contributed by atoms with Gasteiger partial charge in [0.15, 0.2) is 12.1 Å². The second-order valence-corrected chi connectivity index (χ2v) is 7.26.